The number of nitro benzene ring substituents is 2. The predicted octanol–water partition coefficient (Wildman–Crippen LogP) is 6.32. The van der Waals surface area contributed by atoms with Gasteiger partial charge < -0.3 is 0 Å². The van der Waals surface area contributed by atoms with E-state index in [9.17, 15) is 20.2 Å². The molecule has 0 fully saturated rings. The molecule has 4 aromatic rings. The van der Waals surface area contributed by atoms with Gasteiger partial charge in [-0.2, -0.15) is 5.10 Å². The minimum atomic E-state index is -0.667. The van der Waals surface area contributed by atoms with Gasteiger partial charge in [-0.25, -0.2) is 0 Å². The third-order valence-electron chi connectivity index (χ3n) is 5.81. The fourth-order valence-electron chi connectivity index (χ4n) is 4.25. The molecule has 0 aliphatic carbocycles. The topological polar surface area (TPSA) is 111 Å². The van der Waals surface area contributed by atoms with Crippen molar-refractivity contribution in [2.24, 2.45) is 5.10 Å². The van der Waals surface area contributed by atoms with Gasteiger partial charge in [0.25, 0.3) is 5.69 Å². The van der Waals surface area contributed by atoms with Gasteiger partial charge in [-0.05, 0) is 22.8 Å². The van der Waals surface area contributed by atoms with Crippen LogP contribution < -0.4 is 5.43 Å². The van der Waals surface area contributed by atoms with Gasteiger partial charge in [0.1, 0.15) is 10.7 Å². The summed E-state index contributed by atoms with van der Waals surface area (Å²) >= 11 is 1.54. The lowest BCUT2D eigenvalue weighted by Gasteiger charge is -2.30. The van der Waals surface area contributed by atoms with Crippen LogP contribution in [0, 0.1) is 20.2 Å². The Morgan fingerprint density at radius 3 is 1.94 bits per heavy atom. The first kappa shape index (κ1) is 22.3. The molecule has 1 aliphatic heterocycles. The molecule has 9 heteroatoms. The summed E-state index contributed by atoms with van der Waals surface area (Å²) in [4.78, 5) is 21.3. The van der Waals surface area contributed by atoms with Gasteiger partial charge in [-0.15, -0.1) is 0 Å². The summed E-state index contributed by atoms with van der Waals surface area (Å²) in [6.45, 7) is 0. The first-order valence-corrected chi connectivity index (χ1v) is 11.5. The number of anilines is 1. The molecule has 0 bridgehead atoms. The van der Waals surface area contributed by atoms with Gasteiger partial charge in [-0.1, -0.05) is 96.7 Å². The second kappa shape index (κ2) is 9.03. The molecule has 0 atom stereocenters. The van der Waals surface area contributed by atoms with Crippen molar-refractivity contribution in [2.45, 2.75) is 4.75 Å². The Bertz CT molecular complexity index is 1420. The summed E-state index contributed by atoms with van der Waals surface area (Å²) in [5.41, 5.74) is 6.20. The fourth-order valence-corrected chi connectivity index (χ4v) is 5.71. The standard InChI is InChI=1S/C26H18N4O4S/c31-29(32)20-15-16-23(24(17-20)30(33)34)27-28-25-21-13-7-8-14-22(21)26(35-25,18-9-3-1-4-10-18)19-11-5-2-6-12-19/h1-17,27H/b28-25+. The minimum Gasteiger partial charge on any atom is -0.271 e. The quantitative estimate of drug-likeness (QED) is 0.254. The first-order chi connectivity index (χ1) is 17.0. The molecule has 1 N–H and O–H groups in total. The third-order valence-corrected chi connectivity index (χ3v) is 7.32. The van der Waals surface area contributed by atoms with Crippen LogP contribution in [0.5, 0.6) is 0 Å². The minimum absolute atomic E-state index is 0.0723. The average molecular weight is 483 g/mol. The number of nitro groups is 2. The summed E-state index contributed by atoms with van der Waals surface area (Å²) < 4.78 is -0.568. The van der Waals surface area contributed by atoms with E-state index in [-0.39, 0.29) is 11.4 Å². The van der Waals surface area contributed by atoms with E-state index in [1.807, 2.05) is 54.6 Å². The van der Waals surface area contributed by atoms with E-state index in [0.29, 0.717) is 5.04 Å². The molecule has 172 valence electrons. The summed E-state index contributed by atoms with van der Waals surface area (Å²) in [5, 5.41) is 27.8. The summed E-state index contributed by atoms with van der Waals surface area (Å²) in [6, 6.07) is 31.6. The van der Waals surface area contributed by atoms with Crippen LogP contribution in [0.1, 0.15) is 22.3 Å². The van der Waals surface area contributed by atoms with Crippen molar-refractivity contribution in [3.63, 3.8) is 0 Å². The van der Waals surface area contributed by atoms with E-state index in [2.05, 4.69) is 40.9 Å². The van der Waals surface area contributed by atoms with Gasteiger partial charge in [0.2, 0.25) is 0 Å². The van der Waals surface area contributed by atoms with Crippen molar-refractivity contribution in [1.82, 2.24) is 0 Å². The lowest BCUT2D eigenvalue weighted by Crippen LogP contribution is -2.22. The second-order valence-electron chi connectivity index (χ2n) is 7.81. The fraction of sp³-hybridized carbons (Fsp3) is 0.0385. The van der Waals surface area contributed by atoms with Crippen LogP contribution in [0.15, 0.2) is 108 Å². The SMILES string of the molecule is O=[N+]([O-])c1ccc(N/N=C2/SC(c3ccccc3)(c3ccccc3)c3ccccc32)c([N+](=O)[O-])c1. The smallest absolute Gasteiger partial charge is 0.271 e. The highest BCUT2D eigenvalue weighted by atomic mass is 32.2. The maximum atomic E-state index is 11.6. The van der Waals surface area contributed by atoms with Crippen molar-refractivity contribution in [2.75, 3.05) is 5.43 Å². The number of nitrogens with one attached hydrogen (secondary N) is 1. The number of hydrogen-bond donors (Lipinski definition) is 1. The van der Waals surface area contributed by atoms with Gasteiger partial charge >= 0.3 is 5.69 Å². The predicted molar refractivity (Wildman–Crippen MR) is 137 cm³/mol. The highest BCUT2D eigenvalue weighted by Gasteiger charge is 2.46. The monoisotopic (exact) mass is 482 g/mol. The van der Waals surface area contributed by atoms with Crippen molar-refractivity contribution in [3.05, 3.63) is 146 Å². The number of benzene rings is 4. The van der Waals surface area contributed by atoms with E-state index < -0.39 is 20.3 Å². The lowest BCUT2D eigenvalue weighted by atomic mass is 9.82. The van der Waals surface area contributed by atoms with E-state index in [1.54, 1.807) is 11.8 Å². The number of hydrazone groups is 1. The van der Waals surface area contributed by atoms with E-state index in [4.69, 9.17) is 0 Å². The molecule has 0 radical (unpaired) electrons. The highest BCUT2D eigenvalue weighted by molar-refractivity contribution is 8.16. The molecule has 8 nitrogen and oxygen atoms in total. The zero-order valence-corrected chi connectivity index (χ0v) is 19.0. The number of nitrogens with zero attached hydrogens (tertiary/aromatic N) is 3. The molecule has 0 aromatic heterocycles. The Labute approximate surface area is 204 Å². The molecule has 0 spiro atoms. The van der Waals surface area contributed by atoms with Gasteiger partial charge in [0.05, 0.1) is 20.7 Å². The Kier molecular flexibility index (Phi) is 5.76. The number of rotatable bonds is 6. The Hall–Kier alpha value is -4.50. The Morgan fingerprint density at radius 1 is 0.743 bits per heavy atom. The summed E-state index contributed by atoms with van der Waals surface area (Å²) in [6.07, 6.45) is 0. The van der Waals surface area contributed by atoms with Crippen molar-refractivity contribution in [1.29, 1.82) is 0 Å². The van der Waals surface area contributed by atoms with Crippen molar-refractivity contribution < 1.29 is 9.85 Å². The van der Waals surface area contributed by atoms with Crippen molar-refractivity contribution >= 4 is 33.9 Å². The van der Waals surface area contributed by atoms with Gasteiger partial charge in [0.15, 0.2) is 0 Å². The highest BCUT2D eigenvalue weighted by Crippen LogP contribution is 2.55. The maximum absolute atomic E-state index is 11.6. The molecule has 0 saturated carbocycles. The van der Waals surface area contributed by atoms with Crippen LogP contribution >= 0.6 is 11.8 Å². The molecule has 0 amide bonds. The first-order valence-electron chi connectivity index (χ1n) is 10.7. The summed E-state index contributed by atoms with van der Waals surface area (Å²) in [7, 11) is 0. The average Bonchev–Trinajstić information content (AvgIpc) is 3.24. The molecular weight excluding hydrogens is 464 g/mol. The number of hydrogen-bond acceptors (Lipinski definition) is 7. The Morgan fingerprint density at radius 2 is 1.34 bits per heavy atom. The summed E-state index contributed by atoms with van der Waals surface area (Å²) in [5.74, 6) is 0. The van der Waals surface area contributed by atoms with Crippen LogP contribution in [-0.2, 0) is 4.75 Å². The van der Waals surface area contributed by atoms with E-state index >= 15 is 0 Å². The van der Waals surface area contributed by atoms with Crippen LogP contribution in [0.25, 0.3) is 0 Å². The number of non-ortho nitro benzene ring substituents is 1. The molecule has 5 rings (SSSR count). The molecule has 0 saturated heterocycles. The maximum Gasteiger partial charge on any atom is 0.301 e. The normalized spacial score (nSPS) is 14.9. The number of fused-ring (bicyclic) bond motifs is 1. The van der Waals surface area contributed by atoms with Gasteiger partial charge in [-0.3, -0.25) is 25.7 Å². The zero-order valence-electron chi connectivity index (χ0n) is 18.2. The number of thioether (sulfide) groups is 1. The van der Waals surface area contributed by atoms with Crippen LogP contribution in [0.2, 0.25) is 0 Å². The van der Waals surface area contributed by atoms with Crippen molar-refractivity contribution in [3.8, 4) is 0 Å². The van der Waals surface area contributed by atoms with Crippen LogP contribution in [-0.4, -0.2) is 14.9 Å². The van der Waals surface area contributed by atoms with Crippen LogP contribution in [0.4, 0.5) is 17.1 Å². The van der Waals surface area contributed by atoms with Crippen LogP contribution in [0.3, 0.4) is 0 Å². The molecule has 0 unspecified atom stereocenters. The zero-order chi connectivity index (χ0) is 24.4. The molecule has 1 aliphatic rings. The Balaban J connectivity index is 1.63. The van der Waals surface area contributed by atoms with E-state index in [0.717, 1.165) is 28.3 Å². The third kappa shape index (κ3) is 3.91. The molecular formula is C26H18N4O4S. The largest absolute Gasteiger partial charge is 0.301 e. The molecule has 35 heavy (non-hydrogen) atoms. The lowest BCUT2D eigenvalue weighted by molar-refractivity contribution is -0.393. The second-order valence-corrected chi connectivity index (χ2v) is 9.01. The van der Waals surface area contributed by atoms with Gasteiger partial charge in [0, 0.05) is 11.6 Å². The van der Waals surface area contributed by atoms with E-state index in [1.165, 1.54) is 12.1 Å². The molecule has 1 heterocycles. The molecule has 4 aromatic carbocycles.